The zero-order chi connectivity index (χ0) is 12.3. The molecule has 0 bridgehead atoms. The molecule has 1 heterocycles. The van der Waals surface area contributed by atoms with Crippen molar-refractivity contribution < 1.29 is 5.11 Å². The van der Waals surface area contributed by atoms with Crippen molar-refractivity contribution in [1.29, 1.82) is 0 Å². The van der Waals surface area contributed by atoms with Crippen LogP contribution >= 0.6 is 0 Å². The van der Waals surface area contributed by atoms with Gasteiger partial charge in [-0.15, -0.1) is 0 Å². The van der Waals surface area contributed by atoms with Crippen molar-refractivity contribution in [3.8, 4) is 0 Å². The summed E-state index contributed by atoms with van der Waals surface area (Å²) >= 11 is 0. The molecule has 0 aromatic carbocycles. The Balaban J connectivity index is 1.93. The van der Waals surface area contributed by atoms with Gasteiger partial charge in [0.25, 0.3) is 0 Å². The van der Waals surface area contributed by atoms with Crippen molar-refractivity contribution in [2.24, 2.45) is 17.3 Å². The largest absolute Gasteiger partial charge is 0.396 e. The Hall–Kier alpha value is -0.0800. The number of nitrogens with zero attached hydrogens (tertiary/aromatic N) is 1. The summed E-state index contributed by atoms with van der Waals surface area (Å²) in [6.45, 7) is 8.74. The third kappa shape index (κ3) is 3.45. The van der Waals surface area contributed by atoms with Gasteiger partial charge in [0.2, 0.25) is 0 Å². The van der Waals surface area contributed by atoms with Crippen LogP contribution in [0.15, 0.2) is 0 Å². The maximum Gasteiger partial charge on any atom is 0.0499 e. The molecule has 1 saturated heterocycles. The van der Waals surface area contributed by atoms with E-state index in [-0.39, 0.29) is 5.41 Å². The number of piperidine rings is 1. The van der Waals surface area contributed by atoms with E-state index in [1.54, 1.807) is 0 Å². The Morgan fingerprint density at radius 3 is 2.59 bits per heavy atom. The molecule has 3 unspecified atom stereocenters. The topological polar surface area (TPSA) is 23.5 Å². The van der Waals surface area contributed by atoms with Crippen molar-refractivity contribution in [2.45, 2.75) is 52.4 Å². The molecule has 2 fully saturated rings. The van der Waals surface area contributed by atoms with Gasteiger partial charge in [0.05, 0.1) is 0 Å². The molecule has 1 N–H and O–H groups in total. The van der Waals surface area contributed by atoms with Gasteiger partial charge < -0.3 is 10.0 Å². The summed E-state index contributed by atoms with van der Waals surface area (Å²) in [7, 11) is 0. The van der Waals surface area contributed by atoms with Crippen molar-refractivity contribution in [3.05, 3.63) is 0 Å². The van der Waals surface area contributed by atoms with Gasteiger partial charge in [-0.25, -0.2) is 0 Å². The summed E-state index contributed by atoms with van der Waals surface area (Å²) in [5.41, 5.74) is 0.217. The molecule has 1 saturated carbocycles. The first-order valence-corrected chi connectivity index (χ1v) is 7.47. The van der Waals surface area contributed by atoms with Gasteiger partial charge in [-0.05, 0) is 44.1 Å². The van der Waals surface area contributed by atoms with Crippen LogP contribution in [0.3, 0.4) is 0 Å². The lowest BCUT2D eigenvalue weighted by Crippen LogP contribution is -2.46. The van der Waals surface area contributed by atoms with E-state index in [1.807, 2.05) is 0 Å². The van der Waals surface area contributed by atoms with E-state index in [4.69, 9.17) is 0 Å². The smallest absolute Gasteiger partial charge is 0.0499 e. The number of aliphatic hydroxyl groups is 1. The van der Waals surface area contributed by atoms with Crippen molar-refractivity contribution >= 4 is 0 Å². The van der Waals surface area contributed by atoms with E-state index in [1.165, 1.54) is 51.6 Å². The van der Waals surface area contributed by atoms with Crippen LogP contribution in [0.4, 0.5) is 0 Å². The van der Waals surface area contributed by atoms with Gasteiger partial charge in [0, 0.05) is 25.1 Å². The fourth-order valence-electron chi connectivity index (χ4n) is 4.01. The SMILES string of the molecule is CC1CCCN(CC2(CO)CCCC(C)C2)C1. The minimum atomic E-state index is 0.217. The van der Waals surface area contributed by atoms with Gasteiger partial charge in [0.1, 0.15) is 0 Å². The van der Waals surface area contributed by atoms with E-state index in [0.717, 1.165) is 18.4 Å². The highest BCUT2D eigenvalue weighted by Crippen LogP contribution is 2.40. The monoisotopic (exact) mass is 239 g/mol. The minimum absolute atomic E-state index is 0.217. The Labute approximate surface area is 106 Å². The average Bonchev–Trinajstić information content (AvgIpc) is 2.29. The number of hydrogen-bond donors (Lipinski definition) is 1. The molecule has 2 aliphatic rings. The standard InChI is InChI=1S/C15H29NO/c1-13-5-3-7-15(9-13,12-17)11-16-8-4-6-14(2)10-16/h13-14,17H,3-12H2,1-2H3. The van der Waals surface area contributed by atoms with Gasteiger partial charge in [0.15, 0.2) is 0 Å². The normalized spacial score (nSPS) is 40.4. The minimum Gasteiger partial charge on any atom is -0.396 e. The predicted octanol–water partition coefficient (Wildman–Crippen LogP) is 2.91. The Bertz CT molecular complexity index is 243. The second kappa shape index (κ2) is 5.71. The van der Waals surface area contributed by atoms with Crippen LogP contribution in [0.2, 0.25) is 0 Å². The third-order valence-electron chi connectivity index (χ3n) is 4.82. The maximum absolute atomic E-state index is 9.83. The average molecular weight is 239 g/mol. The Morgan fingerprint density at radius 1 is 1.18 bits per heavy atom. The zero-order valence-corrected chi connectivity index (χ0v) is 11.6. The molecule has 3 atom stereocenters. The summed E-state index contributed by atoms with van der Waals surface area (Å²) in [4.78, 5) is 2.61. The quantitative estimate of drug-likeness (QED) is 0.818. The molecule has 0 aromatic rings. The van der Waals surface area contributed by atoms with Crippen LogP contribution in [-0.4, -0.2) is 36.2 Å². The first-order valence-electron chi connectivity index (χ1n) is 7.47. The summed E-state index contributed by atoms with van der Waals surface area (Å²) in [6, 6.07) is 0. The van der Waals surface area contributed by atoms with E-state index >= 15 is 0 Å². The molecule has 2 nitrogen and oxygen atoms in total. The molecule has 0 spiro atoms. The molecular formula is C15H29NO. The molecular weight excluding hydrogens is 210 g/mol. The first-order chi connectivity index (χ1) is 8.13. The van der Waals surface area contributed by atoms with Crippen LogP contribution in [0.1, 0.15) is 52.4 Å². The molecule has 0 aromatic heterocycles. The van der Waals surface area contributed by atoms with Crippen LogP contribution in [0, 0.1) is 17.3 Å². The summed E-state index contributed by atoms with van der Waals surface area (Å²) in [6.07, 6.45) is 7.87. The van der Waals surface area contributed by atoms with E-state index in [0.29, 0.717) is 6.61 Å². The lowest BCUT2D eigenvalue weighted by Gasteiger charge is -2.44. The van der Waals surface area contributed by atoms with Gasteiger partial charge >= 0.3 is 0 Å². The number of likely N-dealkylation sites (tertiary alicyclic amines) is 1. The Kier molecular flexibility index (Phi) is 4.48. The highest BCUT2D eigenvalue weighted by atomic mass is 16.3. The van der Waals surface area contributed by atoms with Gasteiger partial charge in [-0.2, -0.15) is 0 Å². The first kappa shape index (κ1) is 13.4. The third-order valence-corrected chi connectivity index (χ3v) is 4.82. The predicted molar refractivity (Wildman–Crippen MR) is 72.0 cm³/mol. The molecule has 0 amide bonds. The van der Waals surface area contributed by atoms with Gasteiger partial charge in [-0.1, -0.05) is 26.7 Å². The highest BCUT2D eigenvalue weighted by molar-refractivity contribution is 4.88. The van der Waals surface area contributed by atoms with Crippen LogP contribution < -0.4 is 0 Å². The zero-order valence-electron chi connectivity index (χ0n) is 11.6. The summed E-state index contributed by atoms with van der Waals surface area (Å²) < 4.78 is 0. The van der Waals surface area contributed by atoms with Crippen LogP contribution in [0.5, 0.6) is 0 Å². The van der Waals surface area contributed by atoms with E-state index in [9.17, 15) is 5.11 Å². The van der Waals surface area contributed by atoms with Gasteiger partial charge in [-0.3, -0.25) is 0 Å². The van der Waals surface area contributed by atoms with E-state index in [2.05, 4.69) is 18.7 Å². The van der Waals surface area contributed by atoms with E-state index < -0.39 is 0 Å². The number of hydrogen-bond acceptors (Lipinski definition) is 2. The number of rotatable bonds is 3. The van der Waals surface area contributed by atoms with Crippen LogP contribution in [0.25, 0.3) is 0 Å². The highest BCUT2D eigenvalue weighted by Gasteiger charge is 2.36. The molecule has 1 aliphatic heterocycles. The van der Waals surface area contributed by atoms with Crippen molar-refractivity contribution in [3.63, 3.8) is 0 Å². The molecule has 0 radical (unpaired) electrons. The molecule has 17 heavy (non-hydrogen) atoms. The lowest BCUT2D eigenvalue weighted by atomic mass is 9.70. The van der Waals surface area contributed by atoms with Crippen LogP contribution in [-0.2, 0) is 0 Å². The second-order valence-electron chi connectivity index (χ2n) is 6.84. The second-order valence-corrected chi connectivity index (χ2v) is 6.84. The summed E-state index contributed by atoms with van der Waals surface area (Å²) in [5.74, 6) is 1.65. The summed E-state index contributed by atoms with van der Waals surface area (Å²) in [5, 5.41) is 9.83. The molecule has 2 rings (SSSR count). The van der Waals surface area contributed by atoms with Crippen molar-refractivity contribution in [2.75, 3.05) is 26.2 Å². The fraction of sp³-hybridized carbons (Fsp3) is 1.00. The molecule has 100 valence electrons. The lowest BCUT2D eigenvalue weighted by molar-refractivity contribution is 0.0128. The fourth-order valence-corrected chi connectivity index (χ4v) is 4.01. The Morgan fingerprint density at radius 2 is 1.94 bits per heavy atom. The van der Waals surface area contributed by atoms with Crippen molar-refractivity contribution in [1.82, 2.24) is 4.90 Å². The molecule has 1 aliphatic carbocycles. The number of aliphatic hydroxyl groups excluding tert-OH is 1. The maximum atomic E-state index is 9.83. The molecule has 2 heteroatoms.